The highest BCUT2D eigenvalue weighted by molar-refractivity contribution is 5.98. The van der Waals surface area contributed by atoms with E-state index in [4.69, 9.17) is 9.72 Å². The standard InChI is InChI=1S/C24H35N5O3/c1-24(2,3)20(23(31)25-12-15-32-5)27-22(30)19-18-16-28(4)13-9-14-29(18)21(26-19)17-10-7-6-8-11-17/h6-8,10-11,20H,9,12-16H2,1-5H3,(H,25,31)(H,27,30)/t20-/m1/s1. The molecule has 0 radical (unpaired) electrons. The molecule has 3 rings (SSSR count). The number of hydrogen-bond donors (Lipinski definition) is 2. The SMILES string of the molecule is COCCNC(=O)[C@@H](NC(=O)c1nc(-c2ccccc2)n2c1CN(C)CCC2)C(C)(C)C. The van der Waals surface area contributed by atoms with Crippen LogP contribution in [0.3, 0.4) is 0 Å². The van der Waals surface area contributed by atoms with E-state index in [2.05, 4.69) is 20.1 Å². The quantitative estimate of drug-likeness (QED) is 0.644. The van der Waals surface area contributed by atoms with Gasteiger partial charge in [-0.05, 0) is 25.4 Å². The van der Waals surface area contributed by atoms with Gasteiger partial charge in [0.05, 0.1) is 12.3 Å². The van der Waals surface area contributed by atoms with Gasteiger partial charge in [0.2, 0.25) is 5.91 Å². The zero-order chi connectivity index (χ0) is 23.3. The van der Waals surface area contributed by atoms with Crippen molar-refractivity contribution in [3.8, 4) is 11.4 Å². The summed E-state index contributed by atoms with van der Waals surface area (Å²) in [6, 6.07) is 9.22. The fourth-order valence-corrected chi connectivity index (χ4v) is 3.96. The van der Waals surface area contributed by atoms with Crippen molar-refractivity contribution in [2.45, 2.75) is 46.3 Å². The van der Waals surface area contributed by atoms with Gasteiger partial charge in [-0.2, -0.15) is 0 Å². The van der Waals surface area contributed by atoms with Gasteiger partial charge in [-0.1, -0.05) is 51.1 Å². The van der Waals surface area contributed by atoms with E-state index in [-0.39, 0.29) is 11.8 Å². The van der Waals surface area contributed by atoms with E-state index in [1.165, 1.54) is 0 Å². The van der Waals surface area contributed by atoms with Gasteiger partial charge in [0.1, 0.15) is 11.9 Å². The van der Waals surface area contributed by atoms with Crippen LogP contribution in [0, 0.1) is 5.41 Å². The minimum Gasteiger partial charge on any atom is -0.383 e. The first-order chi connectivity index (χ1) is 15.2. The van der Waals surface area contributed by atoms with Crippen LogP contribution in [-0.2, 0) is 22.6 Å². The van der Waals surface area contributed by atoms with Crippen LogP contribution in [0.1, 0.15) is 43.4 Å². The van der Waals surface area contributed by atoms with Gasteiger partial charge < -0.3 is 24.8 Å². The third-order valence-corrected chi connectivity index (χ3v) is 5.67. The summed E-state index contributed by atoms with van der Waals surface area (Å²) in [5, 5.41) is 5.81. The zero-order valence-corrected chi connectivity index (χ0v) is 19.8. The van der Waals surface area contributed by atoms with Crippen molar-refractivity contribution >= 4 is 11.8 Å². The lowest BCUT2D eigenvalue weighted by molar-refractivity contribution is -0.125. The van der Waals surface area contributed by atoms with E-state index < -0.39 is 11.5 Å². The average molecular weight is 442 g/mol. The lowest BCUT2D eigenvalue weighted by Crippen LogP contribution is -2.54. The smallest absolute Gasteiger partial charge is 0.272 e. The molecule has 0 spiro atoms. The van der Waals surface area contributed by atoms with Crippen LogP contribution in [0.5, 0.6) is 0 Å². The Labute approximate surface area is 190 Å². The molecule has 0 fully saturated rings. The molecule has 1 atom stereocenters. The maximum Gasteiger partial charge on any atom is 0.272 e. The number of benzene rings is 1. The topological polar surface area (TPSA) is 88.5 Å². The molecule has 8 heteroatoms. The third kappa shape index (κ3) is 5.55. The van der Waals surface area contributed by atoms with Gasteiger partial charge in [0.25, 0.3) is 5.91 Å². The summed E-state index contributed by atoms with van der Waals surface area (Å²) in [6.45, 7) is 8.98. The van der Waals surface area contributed by atoms with Crippen LogP contribution < -0.4 is 10.6 Å². The summed E-state index contributed by atoms with van der Waals surface area (Å²) in [6.07, 6.45) is 0.979. The molecule has 0 bridgehead atoms. The number of nitrogens with one attached hydrogen (secondary N) is 2. The van der Waals surface area contributed by atoms with Gasteiger partial charge in [-0.3, -0.25) is 9.59 Å². The first-order valence-corrected chi connectivity index (χ1v) is 11.1. The molecule has 0 unspecified atom stereocenters. The van der Waals surface area contributed by atoms with E-state index in [0.717, 1.165) is 36.6 Å². The molecule has 2 amide bonds. The minimum absolute atomic E-state index is 0.228. The van der Waals surface area contributed by atoms with E-state index in [1.54, 1.807) is 7.11 Å². The lowest BCUT2D eigenvalue weighted by Gasteiger charge is -2.30. The van der Waals surface area contributed by atoms with Crippen LogP contribution in [0.15, 0.2) is 30.3 Å². The summed E-state index contributed by atoms with van der Waals surface area (Å²) in [5.74, 6) is 0.236. The maximum atomic E-state index is 13.5. The Bertz CT molecular complexity index is 933. The van der Waals surface area contributed by atoms with E-state index in [9.17, 15) is 9.59 Å². The zero-order valence-electron chi connectivity index (χ0n) is 19.8. The summed E-state index contributed by atoms with van der Waals surface area (Å²) in [7, 11) is 3.63. The van der Waals surface area contributed by atoms with Crippen LogP contribution in [0.25, 0.3) is 11.4 Å². The number of aromatic nitrogens is 2. The number of rotatable bonds is 7. The average Bonchev–Trinajstić information content (AvgIpc) is 2.98. The largest absolute Gasteiger partial charge is 0.383 e. The molecule has 2 heterocycles. The van der Waals surface area contributed by atoms with Crippen LogP contribution in [0.4, 0.5) is 0 Å². The van der Waals surface area contributed by atoms with Crippen LogP contribution >= 0.6 is 0 Å². The number of nitrogens with zero attached hydrogens (tertiary/aromatic N) is 3. The second-order valence-electron chi connectivity index (χ2n) is 9.40. The van der Waals surface area contributed by atoms with E-state index in [1.807, 2.05) is 58.2 Å². The van der Waals surface area contributed by atoms with Crippen molar-refractivity contribution < 1.29 is 14.3 Å². The second-order valence-corrected chi connectivity index (χ2v) is 9.40. The van der Waals surface area contributed by atoms with Gasteiger partial charge in [0, 0.05) is 32.3 Å². The fraction of sp³-hybridized carbons (Fsp3) is 0.542. The van der Waals surface area contributed by atoms with Crippen molar-refractivity contribution in [3.63, 3.8) is 0 Å². The van der Waals surface area contributed by atoms with Crippen molar-refractivity contribution in [2.75, 3.05) is 33.9 Å². The highest BCUT2D eigenvalue weighted by Crippen LogP contribution is 2.27. The first kappa shape index (κ1) is 23.9. The van der Waals surface area contributed by atoms with Crippen LogP contribution in [-0.4, -0.2) is 66.2 Å². The van der Waals surface area contributed by atoms with Crippen molar-refractivity contribution in [1.29, 1.82) is 0 Å². The Morgan fingerprint density at radius 2 is 1.91 bits per heavy atom. The Kier molecular flexibility index (Phi) is 7.69. The Morgan fingerprint density at radius 1 is 1.19 bits per heavy atom. The predicted molar refractivity (Wildman–Crippen MR) is 124 cm³/mol. The molecule has 1 aliphatic rings. The second kappa shape index (κ2) is 10.3. The highest BCUT2D eigenvalue weighted by atomic mass is 16.5. The summed E-state index contributed by atoms with van der Waals surface area (Å²) in [5.41, 5.74) is 1.77. The normalized spacial score (nSPS) is 15.5. The number of carbonyl (C=O) groups is 2. The molecular weight excluding hydrogens is 406 g/mol. The van der Waals surface area contributed by atoms with E-state index in [0.29, 0.717) is 25.4 Å². The molecule has 1 aromatic heterocycles. The minimum atomic E-state index is -0.701. The van der Waals surface area contributed by atoms with E-state index >= 15 is 0 Å². The Morgan fingerprint density at radius 3 is 2.56 bits per heavy atom. The molecule has 0 aliphatic carbocycles. The highest BCUT2D eigenvalue weighted by Gasteiger charge is 2.35. The molecule has 1 aliphatic heterocycles. The Hall–Kier alpha value is -2.71. The number of carbonyl (C=O) groups excluding carboxylic acids is 2. The number of amides is 2. The first-order valence-electron chi connectivity index (χ1n) is 11.1. The number of fused-ring (bicyclic) bond motifs is 1. The molecule has 32 heavy (non-hydrogen) atoms. The summed E-state index contributed by atoms with van der Waals surface area (Å²) >= 11 is 0. The number of methoxy groups -OCH3 is 1. The van der Waals surface area contributed by atoms with Gasteiger partial charge in [0.15, 0.2) is 5.69 Å². The number of ether oxygens (including phenoxy) is 1. The molecular formula is C24H35N5O3. The van der Waals surface area contributed by atoms with Crippen LogP contribution in [0.2, 0.25) is 0 Å². The van der Waals surface area contributed by atoms with Gasteiger partial charge in [-0.15, -0.1) is 0 Å². The molecule has 0 saturated carbocycles. The molecule has 1 aromatic carbocycles. The molecule has 2 N–H and O–H groups in total. The van der Waals surface area contributed by atoms with Gasteiger partial charge >= 0.3 is 0 Å². The lowest BCUT2D eigenvalue weighted by atomic mass is 9.86. The fourth-order valence-electron chi connectivity index (χ4n) is 3.96. The van der Waals surface area contributed by atoms with Crippen molar-refractivity contribution in [3.05, 3.63) is 41.7 Å². The Balaban J connectivity index is 1.94. The summed E-state index contributed by atoms with van der Waals surface area (Å²) < 4.78 is 7.17. The maximum absolute atomic E-state index is 13.5. The van der Waals surface area contributed by atoms with Gasteiger partial charge in [-0.25, -0.2) is 4.98 Å². The van der Waals surface area contributed by atoms with Crippen molar-refractivity contribution in [2.24, 2.45) is 5.41 Å². The molecule has 0 saturated heterocycles. The summed E-state index contributed by atoms with van der Waals surface area (Å²) in [4.78, 5) is 33.3. The van der Waals surface area contributed by atoms with Crippen molar-refractivity contribution in [1.82, 2.24) is 25.1 Å². The number of hydrogen-bond acceptors (Lipinski definition) is 5. The molecule has 8 nitrogen and oxygen atoms in total. The number of imidazole rings is 1. The monoisotopic (exact) mass is 441 g/mol. The molecule has 174 valence electrons. The third-order valence-electron chi connectivity index (χ3n) is 5.67. The predicted octanol–water partition coefficient (Wildman–Crippen LogP) is 2.29. The molecule has 2 aromatic rings.